The first-order valence-electron chi connectivity index (χ1n) is 9.52. The summed E-state index contributed by atoms with van der Waals surface area (Å²) in [5, 5.41) is 5.74. The van der Waals surface area contributed by atoms with E-state index in [1.54, 1.807) is 24.3 Å². The molecule has 0 saturated heterocycles. The first-order valence-corrected chi connectivity index (χ1v) is 9.52. The molecule has 0 aliphatic carbocycles. The molecule has 2 aromatic carbocycles. The summed E-state index contributed by atoms with van der Waals surface area (Å²) in [5.74, 6) is 0.675. The zero-order valence-electron chi connectivity index (χ0n) is 16.5. The molecule has 3 rings (SSSR count). The second-order valence-corrected chi connectivity index (χ2v) is 7.21. The number of amides is 2. The first kappa shape index (κ1) is 19.7. The van der Waals surface area contributed by atoms with Gasteiger partial charge in [0.05, 0.1) is 13.2 Å². The van der Waals surface area contributed by atoms with E-state index in [0.717, 1.165) is 12.0 Å². The average molecular weight is 382 g/mol. The van der Waals surface area contributed by atoms with Crippen molar-refractivity contribution in [3.8, 4) is 11.5 Å². The van der Waals surface area contributed by atoms with E-state index in [2.05, 4.69) is 10.6 Å². The van der Waals surface area contributed by atoms with Crippen LogP contribution in [0.4, 0.5) is 5.69 Å². The molecule has 2 N–H and O–H groups in total. The summed E-state index contributed by atoms with van der Waals surface area (Å²) in [6.07, 6.45) is 0.816. The van der Waals surface area contributed by atoms with E-state index in [-0.39, 0.29) is 17.7 Å². The number of fused-ring (bicyclic) bond motifs is 1. The molecule has 148 valence electrons. The van der Waals surface area contributed by atoms with Crippen LogP contribution in [-0.4, -0.2) is 31.1 Å². The summed E-state index contributed by atoms with van der Waals surface area (Å²) in [6.45, 7) is 6.86. The number of anilines is 1. The number of nitrogens with one attached hydrogen (secondary N) is 2. The van der Waals surface area contributed by atoms with Gasteiger partial charge in [0.1, 0.15) is 6.04 Å². The molecule has 28 heavy (non-hydrogen) atoms. The Balaban J connectivity index is 1.72. The van der Waals surface area contributed by atoms with Gasteiger partial charge in [-0.15, -0.1) is 0 Å². The van der Waals surface area contributed by atoms with Gasteiger partial charge in [0, 0.05) is 23.7 Å². The zero-order valence-corrected chi connectivity index (χ0v) is 16.5. The number of benzene rings is 2. The molecule has 1 atom stereocenters. The Bertz CT molecular complexity index is 863. The molecule has 1 aliphatic heterocycles. The van der Waals surface area contributed by atoms with Crippen LogP contribution < -0.4 is 20.1 Å². The number of ether oxygens (including phenoxy) is 2. The molecule has 1 heterocycles. The predicted octanol–water partition coefficient (Wildman–Crippen LogP) is 3.55. The van der Waals surface area contributed by atoms with E-state index in [4.69, 9.17) is 9.47 Å². The Hall–Kier alpha value is -3.02. The topological polar surface area (TPSA) is 76.7 Å². The lowest BCUT2D eigenvalue weighted by Crippen LogP contribution is -2.47. The number of carbonyl (C=O) groups excluding carboxylic acids is 2. The van der Waals surface area contributed by atoms with Crippen LogP contribution in [0.2, 0.25) is 0 Å². The van der Waals surface area contributed by atoms with Gasteiger partial charge < -0.3 is 20.1 Å². The summed E-state index contributed by atoms with van der Waals surface area (Å²) >= 11 is 0. The van der Waals surface area contributed by atoms with Gasteiger partial charge in [-0.1, -0.05) is 32.0 Å². The third-order valence-electron chi connectivity index (χ3n) is 4.64. The molecule has 0 saturated carbocycles. The van der Waals surface area contributed by atoms with Crippen molar-refractivity contribution in [3.05, 3.63) is 53.6 Å². The predicted molar refractivity (Wildman–Crippen MR) is 108 cm³/mol. The minimum atomic E-state index is -0.664. The maximum absolute atomic E-state index is 12.8. The molecule has 0 bridgehead atoms. The lowest BCUT2D eigenvalue weighted by atomic mass is 10.0. The van der Waals surface area contributed by atoms with Crippen LogP contribution in [0.1, 0.15) is 36.2 Å². The van der Waals surface area contributed by atoms with Crippen LogP contribution in [0.3, 0.4) is 0 Å². The first-order chi connectivity index (χ1) is 13.5. The van der Waals surface area contributed by atoms with Gasteiger partial charge in [-0.2, -0.15) is 0 Å². The molecule has 2 aromatic rings. The molecule has 6 heteroatoms. The fourth-order valence-electron chi connectivity index (χ4n) is 3.04. The normalized spacial score (nSPS) is 14.1. The number of hydrogen-bond acceptors (Lipinski definition) is 4. The van der Waals surface area contributed by atoms with Crippen molar-refractivity contribution >= 4 is 17.5 Å². The van der Waals surface area contributed by atoms with Crippen molar-refractivity contribution in [3.63, 3.8) is 0 Å². The molecule has 2 amide bonds. The van der Waals surface area contributed by atoms with Crippen LogP contribution >= 0.6 is 0 Å². The van der Waals surface area contributed by atoms with E-state index in [0.29, 0.717) is 36.0 Å². The van der Waals surface area contributed by atoms with E-state index in [9.17, 15) is 9.59 Å². The molecular weight excluding hydrogens is 356 g/mol. The molecule has 0 spiro atoms. The average Bonchev–Trinajstić information content (AvgIpc) is 2.91. The van der Waals surface area contributed by atoms with Crippen molar-refractivity contribution in [2.24, 2.45) is 5.92 Å². The molecular formula is C22H26N2O4. The van der Waals surface area contributed by atoms with Crippen LogP contribution in [-0.2, 0) is 4.79 Å². The maximum Gasteiger partial charge on any atom is 0.252 e. The summed E-state index contributed by atoms with van der Waals surface area (Å²) in [5.41, 5.74) is 2.03. The van der Waals surface area contributed by atoms with E-state index in [1.807, 2.05) is 39.0 Å². The Morgan fingerprint density at radius 2 is 1.71 bits per heavy atom. The van der Waals surface area contributed by atoms with Crippen LogP contribution in [0.25, 0.3) is 0 Å². The highest BCUT2D eigenvalue weighted by molar-refractivity contribution is 6.02. The lowest BCUT2D eigenvalue weighted by molar-refractivity contribution is -0.118. The minimum Gasteiger partial charge on any atom is -0.490 e. The second kappa shape index (κ2) is 8.78. The number of aryl methyl sites for hydroxylation is 1. The molecule has 1 aliphatic rings. The fourth-order valence-corrected chi connectivity index (χ4v) is 3.04. The third kappa shape index (κ3) is 4.63. The highest BCUT2D eigenvalue weighted by Crippen LogP contribution is 2.32. The Morgan fingerprint density at radius 3 is 2.43 bits per heavy atom. The zero-order chi connectivity index (χ0) is 20.1. The smallest absolute Gasteiger partial charge is 0.252 e. The highest BCUT2D eigenvalue weighted by atomic mass is 16.5. The summed E-state index contributed by atoms with van der Waals surface area (Å²) in [4.78, 5) is 25.5. The van der Waals surface area contributed by atoms with Crippen LogP contribution in [0, 0.1) is 12.8 Å². The fraction of sp³-hybridized carbons (Fsp3) is 0.364. The Kier molecular flexibility index (Phi) is 6.19. The van der Waals surface area contributed by atoms with Crippen molar-refractivity contribution in [1.29, 1.82) is 0 Å². The van der Waals surface area contributed by atoms with Gasteiger partial charge in [0.25, 0.3) is 5.91 Å². The molecule has 0 radical (unpaired) electrons. The van der Waals surface area contributed by atoms with E-state index < -0.39 is 6.04 Å². The standard InChI is InChI=1S/C22H26N2O4/c1-14(2)20(24-21(25)17-8-5-4-7-15(17)3)22(26)23-16-9-10-18-19(13-16)28-12-6-11-27-18/h4-5,7-10,13-14,20H,6,11-12H2,1-3H3,(H,23,26)(H,24,25). The molecule has 1 unspecified atom stereocenters. The van der Waals surface area contributed by atoms with Crippen LogP contribution in [0.5, 0.6) is 11.5 Å². The quantitative estimate of drug-likeness (QED) is 0.829. The maximum atomic E-state index is 12.8. The van der Waals surface area contributed by atoms with Crippen molar-refractivity contribution < 1.29 is 19.1 Å². The SMILES string of the molecule is Cc1ccccc1C(=O)NC(C(=O)Nc1ccc2c(c1)OCCCO2)C(C)C. The van der Waals surface area contributed by atoms with Gasteiger partial charge >= 0.3 is 0 Å². The van der Waals surface area contributed by atoms with E-state index >= 15 is 0 Å². The van der Waals surface area contributed by atoms with Crippen molar-refractivity contribution in [2.75, 3.05) is 18.5 Å². The summed E-state index contributed by atoms with van der Waals surface area (Å²) in [6, 6.07) is 12.0. The number of carbonyl (C=O) groups is 2. The summed E-state index contributed by atoms with van der Waals surface area (Å²) in [7, 11) is 0. The Labute approximate surface area is 165 Å². The second-order valence-electron chi connectivity index (χ2n) is 7.21. The van der Waals surface area contributed by atoms with Gasteiger partial charge in [0.15, 0.2) is 11.5 Å². The molecule has 0 fully saturated rings. The molecule has 6 nitrogen and oxygen atoms in total. The highest BCUT2D eigenvalue weighted by Gasteiger charge is 2.25. The largest absolute Gasteiger partial charge is 0.490 e. The number of hydrogen-bond donors (Lipinski definition) is 2. The van der Waals surface area contributed by atoms with Gasteiger partial charge in [-0.05, 0) is 36.6 Å². The van der Waals surface area contributed by atoms with E-state index in [1.165, 1.54) is 0 Å². The third-order valence-corrected chi connectivity index (χ3v) is 4.64. The Morgan fingerprint density at radius 1 is 1.00 bits per heavy atom. The monoisotopic (exact) mass is 382 g/mol. The summed E-state index contributed by atoms with van der Waals surface area (Å²) < 4.78 is 11.3. The minimum absolute atomic E-state index is 0.0756. The van der Waals surface area contributed by atoms with Crippen LogP contribution in [0.15, 0.2) is 42.5 Å². The molecule has 0 aromatic heterocycles. The number of rotatable bonds is 5. The van der Waals surface area contributed by atoms with Gasteiger partial charge in [-0.3, -0.25) is 9.59 Å². The van der Waals surface area contributed by atoms with Gasteiger partial charge in [0.2, 0.25) is 5.91 Å². The van der Waals surface area contributed by atoms with Gasteiger partial charge in [-0.25, -0.2) is 0 Å². The lowest BCUT2D eigenvalue weighted by Gasteiger charge is -2.22. The van der Waals surface area contributed by atoms with Crippen molar-refractivity contribution in [2.45, 2.75) is 33.2 Å². The van der Waals surface area contributed by atoms with Crippen molar-refractivity contribution in [1.82, 2.24) is 5.32 Å².